The van der Waals surface area contributed by atoms with Gasteiger partial charge in [-0.15, -0.1) is 0 Å². The third kappa shape index (κ3) is 3.16. The molecule has 1 aromatic heterocycles. The van der Waals surface area contributed by atoms with Crippen LogP contribution in [0.4, 0.5) is 4.39 Å². The molecule has 0 unspecified atom stereocenters. The van der Waals surface area contributed by atoms with Crippen LogP contribution in [-0.2, 0) is 5.54 Å². The van der Waals surface area contributed by atoms with E-state index in [1.54, 1.807) is 36.5 Å². The van der Waals surface area contributed by atoms with Crippen LogP contribution in [0.3, 0.4) is 0 Å². The molecule has 1 amide bonds. The van der Waals surface area contributed by atoms with Gasteiger partial charge in [0, 0.05) is 6.20 Å². The summed E-state index contributed by atoms with van der Waals surface area (Å²) in [5.41, 5.74) is 0.375. The summed E-state index contributed by atoms with van der Waals surface area (Å²) in [5, 5.41) is 2.85. The minimum Gasteiger partial charge on any atom is -0.342 e. The van der Waals surface area contributed by atoms with E-state index in [9.17, 15) is 9.18 Å². The Labute approximate surface area is 111 Å². The number of carbonyl (C=O) groups excluding carboxylic acids is 1. The molecule has 19 heavy (non-hydrogen) atoms. The smallest absolute Gasteiger partial charge is 0.270 e. The summed E-state index contributed by atoms with van der Waals surface area (Å²) in [6.45, 7) is 3.64. The standard InChI is InChI=1S/C15H15FN2O/c1-15(2,11-6-5-7-12(16)10-11)18-14(19)13-8-3-4-9-17-13/h3-10H,1-2H3,(H,18,19). The van der Waals surface area contributed by atoms with Crippen molar-refractivity contribution in [1.29, 1.82) is 0 Å². The number of pyridine rings is 1. The van der Waals surface area contributed by atoms with Gasteiger partial charge >= 0.3 is 0 Å². The fraction of sp³-hybridized carbons (Fsp3) is 0.200. The van der Waals surface area contributed by atoms with E-state index in [-0.39, 0.29) is 11.7 Å². The predicted molar refractivity (Wildman–Crippen MR) is 71.1 cm³/mol. The molecule has 0 aliphatic heterocycles. The number of halogens is 1. The fourth-order valence-electron chi connectivity index (χ4n) is 1.79. The highest BCUT2D eigenvalue weighted by Crippen LogP contribution is 2.21. The first-order chi connectivity index (χ1) is 8.99. The van der Waals surface area contributed by atoms with Crippen LogP contribution in [0.1, 0.15) is 29.9 Å². The van der Waals surface area contributed by atoms with Gasteiger partial charge in [-0.3, -0.25) is 9.78 Å². The summed E-state index contributed by atoms with van der Waals surface area (Å²) >= 11 is 0. The zero-order valence-electron chi connectivity index (χ0n) is 10.9. The number of benzene rings is 1. The van der Waals surface area contributed by atoms with Gasteiger partial charge in [0.1, 0.15) is 11.5 Å². The Hall–Kier alpha value is -2.23. The molecule has 0 saturated carbocycles. The van der Waals surface area contributed by atoms with Crippen molar-refractivity contribution in [1.82, 2.24) is 10.3 Å². The van der Waals surface area contributed by atoms with Gasteiger partial charge in [0.25, 0.3) is 5.91 Å². The number of hydrogen-bond donors (Lipinski definition) is 1. The van der Waals surface area contributed by atoms with Gasteiger partial charge in [0.2, 0.25) is 0 Å². The number of nitrogens with zero attached hydrogens (tertiary/aromatic N) is 1. The summed E-state index contributed by atoms with van der Waals surface area (Å²) in [6, 6.07) is 11.3. The summed E-state index contributed by atoms with van der Waals surface area (Å²) < 4.78 is 13.2. The second kappa shape index (κ2) is 5.18. The first kappa shape index (κ1) is 13.2. The Morgan fingerprint density at radius 1 is 1.21 bits per heavy atom. The average molecular weight is 258 g/mol. The van der Waals surface area contributed by atoms with Gasteiger partial charge in [-0.1, -0.05) is 18.2 Å². The van der Waals surface area contributed by atoms with E-state index >= 15 is 0 Å². The molecule has 0 aliphatic rings. The van der Waals surface area contributed by atoms with E-state index in [4.69, 9.17) is 0 Å². The van der Waals surface area contributed by atoms with E-state index in [2.05, 4.69) is 10.3 Å². The Balaban J connectivity index is 2.20. The molecule has 2 aromatic rings. The minimum absolute atomic E-state index is 0.283. The number of aromatic nitrogens is 1. The van der Waals surface area contributed by atoms with Gasteiger partial charge in [-0.25, -0.2) is 4.39 Å². The number of carbonyl (C=O) groups is 1. The highest BCUT2D eigenvalue weighted by atomic mass is 19.1. The lowest BCUT2D eigenvalue weighted by molar-refractivity contribution is 0.0906. The number of hydrogen-bond acceptors (Lipinski definition) is 2. The molecule has 2 rings (SSSR count). The van der Waals surface area contributed by atoms with Crippen LogP contribution in [0, 0.1) is 5.82 Å². The summed E-state index contributed by atoms with van der Waals surface area (Å²) in [7, 11) is 0. The second-order valence-electron chi connectivity index (χ2n) is 4.80. The Bertz CT molecular complexity index is 582. The van der Waals surface area contributed by atoms with Crippen molar-refractivity contribution in [3.8, 4) is 0 Å². The van der Waals surface area contributed by atoms with Gasteiger partial charge in [-0.2, -0.15) is 0 Å². The molecular formula is C15H15FN2O. The summed E-state index contributed by atoms with van der Waals surface area (Å²) in [4.78, 5) is 16.0. The monoisotopic (exact) mass is 258 g/mol. The van der Waals surface area contributed by atoms with Gasteiger partial charge in [-0.05, 0) is 43.7 Å². The Morgan fingerprint density at radius 2 is 2.00 bits per heavy atom. The third-order valence-electron chi connectivity index (χ3n) is 2.87. The van der Waals surface area contributed by atoms with Crippen molar-refractivity contribution in [2.24, 2.45) is 0 Å². The molecule has 3 nitrogen and oxygen atoms in total. The largest absolute Gasteiger partial charge is 0.342 e. The molecule has 0 atom stereocenters. The topological polar surface area (TPSA) is 42.0 Å². The Morgan fingerprint density at radius 3 is 2.63 bits per heavy atom. The van der Waals surface area contributed by atoms with Gasteiger partial charge in [0.05, 0.1) is 5.54 Å². The number of rotatable bonds is 3. The van der Waals surface area contributed by atoms with Crippen LogP contribution in [0.15, 0.2) is 48.7 Å². The molecule has 0 aliphatic carbocycles. The highest BCUT2D eigenvalue weighted by Gasteiger charge is 2.24. The molecular weight excluding hydrogens is 243 g/mol. The van der Waals surface area contributed by atoms with Crippen LogP contribution in [0.25, 0.3) is 0 Å². The maximum absolute atomic E-state index is 13.2. The lowest BCUT2D eigenvalue weighted by Crippen LogP contribution is -2.41. The SMILES string of the molecule is CC(C)(NC(=O)c1ccccn1)c1cccc(F)c1. The van der Waals surface area contributed by atoms with Crippen LogP contribution in [0.5, 0.6) is 0 Å². The van der Waals surface area contributed by atoms with Gasteiger partial charge in [0.15, 0.2) is 0 Å². The molecule has 1 aromatic carbocycles. The van der Waals surface area contributed by atoms with E-state index in [1.165, 1.54) is 12.1 Å². The molecule has 98 valence electrons. The van der Waals surface area contributed by atoms with E-state index in [1.807, 2.05) is 13.8 Å². The molecule has 0 saturated heterocycles. The zero-order chi connectivity index (χ0) is 13.9. The summed E-state index contributed by atoms with van der Waals surface area (Å²) in [6.07, 6.45) is 1.56. The van der Waals surface area contributed by atoms with Gasteiger partial charge < -0.3 is 5.32 Å². The van der Waals surface area contributed by atoms with E-state index < -0.39 is 5.54 Å². The molecule has 0 radical (unpaired) electrons. The quantitative estimate of drug-likeness (QED) is 0.919. The normalized spacial score (nSPS) is 11.1. The average Bonchev–Trinajstić information content (AvgIpc) is 2.39. The maximum atomic E-state index is 13.2. The third-order valence-corrected chi connectivity index (χ3v) is 2.87. The van der Waals surface area contributed by atoms with Crippen molar-refractivity contribution in [2.75, 3.05) is 0 Å². The second-order valence-corrected chi connectivity index (χ2v) is 4.80. The highest BCUT2D eigenvalue weighted by molar-refractivity contribution is 5.92. The van der Waals surface area contributed by atoms with Crippen LogP contribution >= 0.6 is 0 Å². The summed E-state index contributed by atoms with van der Waals surface area (Å²) in [5.74, 6) is -0.604. The predicted octanol–water partition coefficient (Wildman–Crippen LogP) is 2.89. The minimum atomic E-state index is -0.670. The number of amides is 1. The van der Waals surface area contributed by atoms with Crippen LogP contribution in [-0.4, -0.2) is 10.9 Å². The zero-order valence-corrected chi connectivity index (χ0v) is 10.9. The van der Waals surface area contributed by atoms with Crippen molar-refractivity contribution < 1.29 is 9.18 Å². The maximum Gasteiger partial charge on any atom is 0.270 e. The molecule has 0 spiro atoms. The van der Waals surface area contributed by atoms with Crippen molar-refractivity contribution in [2.45, 2.75) is 19.4 Å². The lowest BCUT2D eigenvalue weighted by Gasteiger charge is -2.26. The molecule has 0 fully saturated rings. The van der Waals surface area contributed by atoms with Crippen molar-refractivity contribution in [3.63, 3.8) is 0 Å². The lowest BCUT2D eigenvalue weighted by atomic mass is 9.94. The fourth-order valence-corrected chi connectivity index (χ4v) is 1.79. The molecule has 4 heteroatoms. The first-order valence-electron chi connectivity index (χ1n) is 5.98. The molecule has 0 bridgehead atoms. The van der Waals surface area contributed by atoms with Crippen LogP contribution < -0.4 is 5.32 Å². The molecule has 1 N–H and O–H groups in total. The first-order valence-corrected chi connectivity index (χ1v) is 5.98. The van der Waals surface area contributed by atoms with Crippen LogP contribution in [0.2, 0.25) is 0 Å². The molecule has 1 heterocycles. The van der Waals surface area contributed by atoms with E-state index in [0.29, 0.717) is 11.3 Å². The Kier molecular flexibility index (Phi) is 3.60. The van der Waals surface area contributed by atoms with Crippen molar-refractivity contribution >= 4 is 5.91 Å². The number of nitrogens with one attached hydrogen (secondary N) is 1. The van der Waals surface area contributed by atoms with E-state index in [0.717, 1.165) is 0 Å². The van der Waals surface area contributed by atoms with Crippen molar-refractivity contribution in [3.05, 3.63) is 65.7 Å².